The molecule has 6 nitrogen and oxygen atoms in total. The third-order valence-corrected chi connectivity index (χ3v) is 3.21. The first kappa shape index (κ1) is 13.9. The van der Waals surface area contributed by atoms with Gasteiger partial charge in [-0.2, -0.15) is 5.26 Å². The van der Waals surface area contributed by atoms with Gasteiger partial charge in [-0.1, -0.05) is 0 Å². The van der Waals surface area contributed by atoms with Crippen molar-refractivity contribution in [3.8, 4) is 6.07 Å². The summed E-state index contributed by atoms with van der Waals surface area (Å²) < 4.78 is 0. The van der Waals surface area contributed by atoms with E-state index >= 15 is 0 Å². The number of amides is 3. The van der Waals surface area contributed by atoms with E-state index in [-0.39, 0.29) is 0 Å². The average Bonchev–Trinajstić information content (AvgIpc) is 3.22. The highest BCUT2D eigenvalue weighted by Gasteiger charge is 2.27. The first-order valence-electron chi connectivity index (χ1n) is 6.42. The highest BCUT2D eigenvalue weighted by molar-refractivity contribution is 5.97. The molecule has 0 saturated heterocycles. The monoisotopic (exact) mass is 272 g/mol. The van der Waals surface area contributed by atoms with Gasteiger partial charge in [0.25, 0.3) is 0 Å². The third kappa shape index (κ3) is 3.26. The molecule has 1 aliphatic carbocycles. The van der Waals surface area contributed by atoms with Gasteiger partial charge < -0.3 is 11.1 Å². The Bertz CT molecular complexity index is 587. The molecule has 0 aromatic heterocycles. The predicted octanol–water partition coefficient (Wildman–Crippen LogP) is 1.43. The molecule has 4 N–H and O–H groups in total. The molecule has 1 fully saturated rings. The zero-order valence-electron chi connectivity index (χ0n) is 11.1. The lowest BCUT2D eigenvalue weighted by Gasteiger charge is -2.17. The third-order valence-electron chi connectivity index (χ3n) is 3.21. The number of nitrogens with zero attached hydrogens (tertiary/aromatic N) is 1. The van der Waals surface area contributed by atoms with Crippen LogP contribution in [0.1, 0.15) is 36.8 Å². The molecule has 0 heterocycles. The molecule has 0 radical (unpaired) electrons. The fourth-order valence-corrected chi connectivity index (χ4v) is 2.02. The van der Waals surface area contributed by atoms with E-state index in [1.807, 2.05) is 11.4 Å². The number of nitriles is 1. The summed E-state index contributed by atoms with van der Waals surface area (Å²) in [5.41, 5.74) is 7.38. The molecule has 1 aromatic rings. The fraction of sp³-hybridized carbons (Fsp3) is 0.357. The van der Waals surface area contributed by atoms with Crippen LogP contribution in [-0.4, -0.2) is 18.0 Å². The summed E-state index contributed by atoms with van der Waals surface area (Å²) in [4.78, 5) is 22.3. The molecule has 1 saturated carbocycles. The lowest BCUT2D eigenvalue weighted by atomic mass is 10.0. The molecule has 1 atom stereocenters. The Morgan fingerprint density at radius 1 is 1.45 bits per heavy atom. The summed E-state index contributed by atoms with van der Waals surface area (Å²) in [5.74, 6) is -0.0409. The minimum absolute atomic E-state index is 0.442. The lowest BCUT2D eigenvalue weighted by Crippen LogP contribution is -2.43. The molecule has 3 amide bonds. The Balaban J connectivity index is 2.14. The van der Waals surface area contributed by atoms with Gasteiger partial charge in [-0.15, -0.1) is 0 Å². The van der Waals surface area contributed by atoms with E-state index in [4.69, 9.17) is 11.0 Å². The van der Waals surface area contributed by atoms with E-state index in [1.54, 1.807) is 19.1 Å². The number of carbonyl (C=O) groups is 2. The molecule has 0 aliphatic heterocycles. The van der Waals surface area contributed by atoms with E-state index in [9.17, 15) is 9.59 Å². The molecule has 104 valence electrons. The molecular formula is C14H16N4O2. The Morgan fingerprint density at radius 3 is 2.70 bits per heavy atom. The number of nitrogens with two attached hydrogens (primary N) is 1. The quantitative estimate of drug-likeness (QED) is 0.770. The van der Waals surface area contributed by atoms with E-state index in [0.29, 0.717) is 11.5 Å². The number of carbonyl (C=O) groups excluding carboxylic acids is 2. The highest BCUT2D eigenvalue weighted by Crippen LogP contribution is 2.43. The van der Waals surface area contributed by atoms with E-state index in [0.717, 1.165) is 24.1 Å². The molecular weight excluding hydrogens is 256 g/mol. The first-order valence-corrected chi connectivity index (χ1v) is 6.42. The van der Waals surface area contributed by atoms with Crippen LogP contribution in [-0.2, 0) is 4.79 Å². The number of anilines is 1. The van der Waals surface area contributed by atoms with Crippen LogP contribution in [0.15, 0.2) is 18.2 Å². The Morgan fingerprint density at radius 2 is 2.15 bits per heavy atom. The van der Waals surface area contributed by atoms with Crippen molar-refractivity contribution in [1.29, 1.82) is 5.26 Å². The summed E-state index contributed by atoms with van der Waals surface area (Å²) in [5, 5.41) is 14.0. The number of hydrogen-bond acceptors (Lipinski definition) is 4. The van der Waals surface area contributed by atoms with Crippen LogP contribution >= 0.6 is 0 Å². The van der Waals surface area contributed by atoms with Crippen molar-refractivity contribution in [3.05, 3.63) is 29.3 Å². The number of imide groups is 1. The van der Waals surface area contributed by atoms with Gasteiger partial charge in [-0.05, 0) is 49.4 Å². The molecule has 1 aromatic carbocycles. The second-order valence-corrected chi connectivity index (χ2v) is 4.91. The van der Waals surface area contributed by atoms with Crippen molar-refractivity contribution in [2.24, 2.45) is 5.73 Å². The van der Waals surface area contributed by atoms with Crippen LogP contribution in [0.25, 0.3) is 0 Å². The second-order valence-electron chi connectivity index (χ2n) is 4.91. The molecule has 0 bridgehead atoms. The minimum atomic E-state index is -0.870. The zero-order chi connectivity index (χ0) is 14.7. The predicted molar refractivity (Wildman–Crippen MR) is 73.9 cm³/mol. The van der Waals surface area contributed by atoms with Crippen LogP contribution in [0.2, 0.25) is 0 Å². The number of urea groups is 1. The molecule has 2 rings (SSSR count). The van der Waals surface area contributed by atoms with Crippen molar-refractivity contribution in [2.45, 2.75) is 31.7 Å². The maximum absolute atomic E-state index is 11.7. The van der Waals surface area contributed by atoms with Gasteiger partial charge in [0, 0.05) is 5.69 Å². The number of benzene rings is 1. The van der Waals surface area contributed by atoms with Crippen molar-refractivity contribution < 1.29 is 9.59 Å². The largest absolute Gasteiger partial charge is 0.374 e. The maximum Gasteiger partial charge on any atom is 0.318 e. The Kier molecular flexibility index (Phi) is 3.89. The van der Waals surface area contributed by atoms with Gasteiger partial charge in [0.2, 0.25) is 5.91 Å². The van der Waals surface area contributed by atoms with Crippen LogP contribution in [0, 0.1) is 11.3 Å². The van der Waals surface area contributed by atoms with Crippen molar-refractivity contribution in [3.63, 3.8) is 0 Å². The van der Waals surface area contributed by atoms with Gasteiger partial charge >= 0.3 is 6.03 Å². The molecule has 1 aliphatic rings. The molecule has 0 spiro atoms. The molecule has 6 heteroatoms. The smallest absolute Gasteiger partial charge is 0.318 e. The number of hydrogen-bond donors (Lipinski definition) is 3. The SMILES string of the molecule is C[C@H](Nc1ccc(C#N)cc1C1CC1)C(=O)NC(N)=O. The first-order chi connectivity index (χ1) is 9.51. The summed E-state index contributed by atoms with van der Waals surface area (Å²) in [6.07, 6.45) is 2.18. The number of rotatable bonds is 4. The number of nitrogens with one attached hydrogen (secondary N) is 2. The topological polar surface area (TPSA) is 108 Å². The molecule has 20 heavy (non-hydrogen) atoms. The van der Waals surface area contributed by atoms with Crippen molar-refractivity contribution in [1.82, 2.24) is 5.32 Å². The Labute approximate surface area is 117 Å². The lowest BCUT2D eigenvalue weighted by molar-refractivity contribution is -0.120. The maximum atomic E-state index is 11.7. The summed E-state index contributed by atoms with van der Waals surface area (Å²) in [7, 11) is 0. The second kappa shape index (κ2) is 5.61. The normalized spacial score (nSPS) is 15.0. The van der Waals surface area contributed by atoms with Gasteiger partial charge in [0.05, 0.1) is 11.6 Å². The van der Waals surface area contributed by atoms with Crippen molar-refractivity contribution in [2.75, 3.05) is 5.32 Å². The number of primary amides is 1. The van der Waals surface area contributed by atoms with Gasteiger partial charge in [-0.25, -0.2) is 4.79 Å². The van der Waals surface area contributed by atoms with Crippen molar-refractivity contribution >= 4 is 17.6 Å². The summed E-state index contributed by atoms with van der Waals surface area (Å²) in [6.45, 7) is 1.65. The summed E-state index contributed by atoms with van der Waals surface area (Å²) in [6, 6.07) is 5.99. The van der Waals surface area contributed by atoms with Crippen LogP contribution in [0.5, 0.6) is 0 Å². The highest BCUT2D eigenvalue weighted by atomic mass is 16.2. The van der Waals surface area contributed by atoms with Crippen LogP contribution in [0.4, 0.5) is 10.5 Å². The van der Waals surface area contributed by atoms with E-state index in [2.05, 4.69) is 11.4 Å². The van der Waals surface area contributed by atoms with E-state index in [1.165, 1.54) is 0 Å². The average molecular weight is 272 g/mol. The Hall–Kier alpha value is -2.55. The standard InChI is InChI=1S/C14H16N4O2/c1-8(13(19)18-14(16)20)17-12-5-2-9(7-15)6-11(12)10-3-4-10/h2,5-6,8,10,17H,3-4H2,1H3,(H3,16,18,19,20)/t8-/m0/s1. The van der Waals surface area contributed by atoms with Gasteiger partial charge in [0.15, 0.2) is 0 Å². The fourth-order valence-electron chi connectivity index (χ4n) is 2.02. The summed E-state index contributed by atoms with van der Waals surface area (Å²) >= 11 is 0. The zero-order valence-corrected chi connectivity index (χ0v) is 11.1. The van der Waals surface area contributed by atoms with E-state index < -0.39 is 18.0 Å². The van der Waals surface area contributed by atoms with Crippen LogP contribution in [0.3, 0.4) is 0 Å². The van der Waals surface area contributed by atoms with Gasteiger partial charge in [0.1, 0.15) is 6.04 Å². The molecule has 0 unspecified atom stereocenters. The van der Waals surface area contributed by atoms with Gasteiger partial charge in [-0.3, -0.25) is 10.1 Å². The minimum Gasteiger partial charge on any atom is -0.374 e. The van der Waals surface area contributed by atoms with Crippen LogP contribution < -0.4 is 16.4 Å².